The highest BCUT2D eigenvalue weighted by Crippen LogP contribution is 2.04. The summed E-state index contributed by atoms with van der Waals surface area (Å²) in [7, 11) is 0. The van der Waals surface area contributed by atoms with Crippen LogP contribution in [-0.2, 0) is 4.79 Å². The number of para-hydroxylation sites is 1. The summed E-state index contributed by atoms with van der Waals surface area (Å²) in [5.41, 5.74) is 1.05. The smallest absolute Gasteiger partial charge is 0.221 e. The van der Waals surface area contributed by atoms with Crippen molar-refractivity contribution in [1.29, 1.82) is 0 Å². The summed E-state index contributed by atoms with van der Waals surface area (Å²) in [5, 5.41) is 6.14. The first-order chi connectivity index (χ1) is 7.72. The minimum Gasteiger partial charge on any atom is -0.385 e. The van der Waals surface area contributed by atoms with E-state index in [9.17, 15) is 4.79 Å². The van der Waals surface area contributed by atoms with Gasteiger partial charge in [-0.15, -0.1) is 0 Å². The molecule has 1 atom stereocenters. The molecule has 0 aliphatic carbocycles. The fraction of sp³-hybridized carbons (Fsp3) is 0.462. The number of amides is 1. The lowest BCUT2D eigenvalue weighted by atomic mass is 10.2. The summed E-state index contributed by atoms with van der Waals surface area (Å²) in [6.45, 7) is 4.75. The maximum Gasteiger partial charge on any atom is 0.221 e. The first-order valence-electron chi connectivity index (χ1n) is 5.80. The van der Waals surface area contributed by atoms with Crippen LogP contribution in [0, 0.1) is 0 Å². The van der Waals surface area contributed by atoms with E-state index in [1.807, 2.05) is 37.3 Å². The van der Waals surface area contributed by atoms with Gasteiger partial charge in [0.2, 0.25) is 5.91 Å². The highest BCUT2D eigenvalue weighted by molar-refractivity contribution is 5.76. The molecule has 3 heteroatoms. The molecule has 88 valence electrons. The van der Waals surface area contributed by atoms with Crippen LogP contribution in [0.25, 0.3) is 0 Å². The molecular weight excluding hydrogens is 200 g/mol. The second-order valence-electron chi connectivity index (χ2n) is 3.92. The maximum absolute atomic E-state index is 11.5. The molecule has 0 heterocycles. The molecule has 1 unspecified atom stereocenters. The van der Waals surface area contributed by atoms with Crippen molar-refractivity contribution in [3.05, 3.63) is 30.3 Å². The minimum atomic E-state index is 0.109. The van der Waals surface area contributed by atoms with Gasteiger partial charge in [0.1, 0.15) is 0 Å². The minimum absolute atomic E-state index is 0.109. The summed E-state index contributed by atoms with van der Waals surface area (Å²) < 4.78 is 0. The molecule has 0 saturated heterocycles. The van der Waals surface area contributed by atoms with Crippen LogP contribution in [0.5, 0.6) is 0 Å². The van der Waals surface area contributed by atoms with Crippen LogP contribution in [0.1, 0.15) is 26.7 Å². The lowest BCUT2D eigenvalue weighted by Crippen LogP contribution is -2.32. The van der Waals surface area contributed by atoms with Gasteiger partial charge in [0.15, 0.2) is 0 Å². The Kier molecular flexibility index (Phi) is 5.40. The molecule has 0 saturated carbocycles. The topological polar surface area (TPSA) is 41.1 Å². The predicted octanol–water partition coefficient (Wildman–Crippen LogP) is 2.40. The molecule has 3 nitrogen and oxygen atoms in total. The molecule has 1 aromatic rings. The fourth-order valence-corrected chi connectivity index (χ4v) is 1.33. The Balaban J connectivity index is 2.18. The van der Waals surface area contributed by atoms with Crippen LogP contribution in [0.15, 0.2) is 30.3 Å². The van der Waals surface area contributed by atoms with Gasteiger partial charge in [0.05, 0.1) is 0 Å². The van der Waals surface area contributed by atoms with E-state index in [0.29, 0.717) is 13.0 Å². The largest absolute Gasteiger partial charge is 0.385 e. The van der Waals surface area contributed by atoms with Crippen molar-refractivity contribution in [2.75, 3.05) is 11.9 Å². The van der Waals surface area contributed by atoms with Crippen molar-refractivity contribution in [1.82, 2.24) is 5.32 Å². The van der Waals surface area contributed by atoms with E-state index in [4.69, 9.17) is 0 Å². The van der Waals surface area contributed by atoms with Gasteiger partial charge in [-0.1, -0.05) is 25.1 Å². The third-order valence-electron chi connectivity index (χ3n) is 2.47. The lowest BCUT2D eigenvalue weighted by molar-refractivity contribution is -0.121. The molecule has 0 radical (unpaired) electrons. The molecule has 16 heavy (non-hydrogen) atoms. The Hall–Kier alpha value is -1.51. The van der Waals surface area contributed by atoms with Crippen molar-refractivity contribution >= 4 is 11.6 Å². The zero-order valence-electron chi connectivity index (χ0n) is 9.99. The van der Waals surface area contributed by atoms with E-state index in [1.165, 1.54) is 0 Å². The van der Waals surface area contributed by atoms with E-state index in [2.05, 4.69) is 17.6 Å². The molecule has 0 spiro atoms. The number of benzene rings is 1. The summed E-state index contributed by atoms with van der Waals surface area (Å²) in [6.07, 6.45) is 1.48. The number of anilines is 1. The Morgan fingerprint density at radius 1 is 1.31 bits per heavy atom. The zero-order chi connectivity index (χ0) is 11.8. The van der Waals surface area contributed by atoms with Crippen LogP contribution in [0.4, 0.5) is 5.69 Å². The number of carbonyl (C=O) groups excluding carboxylic acids is 1. The first kappa shape index (κ1) is 12.6. The molecule has 0 fully saturated rings. The SMILES string of the molecule is CCC(C)NC(=O)CCNc1ccccc1. The van der Waals surface area contributed by atoms with Crippen molar-refractivity contribution in [3.8, 4) is 0 Å². The van der Waals surface area contributed by atoms with Crippen LogP contribution in [0.3, 0.4) is 0 Å². The van der Waals surface area contributed by atoms with Gasteiger partial charge in [0, 0.05) is 24.7 Å². The van der Waals surface area contributed by atoms with E-state index in [-0.39, 0.29) is 11.9 Å². The third-order valence-corrected chi connectivity index (χ3v) is 2.47. The highest BCUT2D eigenvalue weighted by atomic mass is 16.1. The van der Waals surface area contributed by atoms with Gasteiger partial charge in [-0.3, -0.25) is 4.79 Å². The van der Waals surface area contributed by atoms with Gasteiger partial charge in [-0.05, 0) is 25.5 Å². The highest BCUT2D eigenvalue weighted by Gasteiger charge is 2.04. The van der Waals surface area contributed by atoms with Gasteiger partial charge < -0.3 is 10.6 Å². The van der Waals surface area contributed by atoms with Crippen molar-refractivity contribution in [3.63, 3.8) is 0 Å². The Morgan fingerprint density at radius 2 is 2.00 bits per heavy atom. The lowest BCUT2D eigenvalue weighted by Gasteiger charge is -2.11. The van der Waals surface area contributed by atoms with Crippen LogP contribution in [-0.4, -0.2) is 18.5 Å². The molecular formula is C13H20N2O. The molecule has 1 rings (SSSR count). The number of carbonyl (C=O) groups is 1. The van der Waals surface area contributed by atoms with Crippen molar-refractivity contribution in [2.45, 2.75) is 32.7 Å². The zero-order valence-corrected chi connectivity index (χ0v) is 9.99. The summed E-state index contributed by atoms with van der Waals surface area (Å²) in [5.74, 6) is 0.109. The molecule has 0 aromatic heterocycles. The van der Waals surface area contributed by atoms with E-state index < -0.39 is 0 Å². The van der Waals surface area contributed by atoms with Gasteiger partial charge in [-0.25, -0.2) is 0 Å². The normalized spacial score (nSPS) is 11.9. The average Bonchev–Trinajstić information content (AvgIpc) is 2.30. The molecule has 0 bridgehead atoms. The summed E-state index contributed by atoms with van der Waals surface area (Å²) >= 11 is 0. The third kappa shape index (κ3) is 4.82. The molecule has 1 amide bonds. The van der Waals surface area contributed by atoms with Gasteiger partial charge in [-0.2, -0.15) is 0 Å². The van der Waals surface area contributed by atoms with Crippen LogP contribution >= 0.6 is 0 Å². The van der Waals surface area contributed by atoms with Crippen LogP contribution < -0.4 is 10.6 Å². The Bertz CT molecular complexity index is 311. The second kappa shape index (κ2) is 6.88. The second-order valence-corrected chi connectivity index (χ2v) is 3.92. The summed E-state index contributed by atoms with van der Waals surface area (Å²) in [4.78, 5) is 11.5. The molecule has 1 aromatic carbocycles. The average molecular weight is 220 g/mol. The van der Waals surface area contributed by atoms with Crippen molar-refractivity contribution in [2.24, 2.45) is 0 Å². The fourth-order valence-electron chi connectivity index (χ4n) is 1.33. The first-order valence-corrected chi connectivity index (χ1v) is 5.80. The predicted molar refractivity (Wildman–Crippen MR) is 67.4 cm³/mol. The quantitative estimate of drug-likeness (QED) is 0.773. The number of nitrogens with one attached hydrogen (secondary N) is 2. The summed E-state index contributed by atoms with van der Waals surface area (Å²) in [6, 6.07) is 10.2. The molecule has 0 aliphatic rings. The van der Waals surface area contributed by atoms with E-state index in [1.54, 1.807) is 0 Å². The monoisotopic (exact) mass is 220 g/mol. The van der Waals surface area contributed by atoms with E-state index in [0.717, 1.165) is 12.1 Å². The molecule has 0 aliphatic heterocycles. The Morgan fingerprint density at radius 3 is 2.62 bits per heavy atom. The standard InChI is InChI=1S/C13H20N2O/c1-3-11(2)15-13(16)9-10-14-12-7-5-4-6-8-12/h4-8,11,14H,3,9-10H2,1-2H3,(H,15,16). The van der Waals surface area contributed by atoms with E-state index >= 15 is 0 Å². The van der Waals surface area contributed by atoms with Crippen molar-refractivity contribution < 1.29 is 4.79 Å². The number of hydrogen-bond donors (Lipinski definition) is 2. The Labute approximate surface area is 97.2 Å². The number of rotatable bonds is 6. The maximum atomic E-state index is 11.5. The van der Waals surface area contributed by atoms with Gasteiger partial charge in [0.25, 0.3) is 0 Å². The van der Waals surface area contributed by atoms with Gasteiger partial charge >= 0.3 is 0 Å². The number of hydrogen-bond acceptors (Lipinski definition) is 2. The van der Waals surface area contributed by atoms with Crippen LogP contribution in [0.2, 0.25) is 0 Å². The molecule has 2 N–H and O–H groups in total.